The lowest BCUT2D eigenvalue weighted by molar-refractivity contribution is -0.155. The molecule has 3 heterocycles. The fourth-order valence-corrected chi connectivity index (χ4v) is 5.67. The number of anilines is 2. The lowest BCUT2D eigenvalue weighted by atomic mass is 10.1. The van der Waals surface area contributed by atoms with Crippen LogP contribution in [0.5, 0.6) is 11.5 Å². The second-order valence-corrected chi connectivity index (χ2v) is 13.6. The Morgan fingerprint density at radius 2 is 1.33 bits per heavy atom. The van der Waals surface area contributed by atoms with Gasteiger partial charge < -0.3 is 35.9 Å². The Labute approximate surface area is 321 Å². The first-order valence-corrected chi connectivity index (χ1v) is 18.2. The third-order valence-electron chi connectivity index (χ3n) is 8.22. The van der Waals surface area contributed by atoms with Gasteiger partial charge in [0.25, 0.3) is 0 Å². The number of para-hydroxylation sites is 2. The quantitative estimate of drug-likeness (QED) is 0.0978. The highest BCUT2D eigenvalue weighted by Gasteiger charge is 2.20. The number of urea groups is 2. The Morgan fingerprint density at radius 3 is 1.84 bits per heavy atom. The van der Waals surface area contributed by atoms with Crippen LogP contribution in [0.2, 0.25) is 0 Å². The predicted octanol–water partition coefficient (Wildman–Crippen LogP) is 5.14. The van der Waals surface area contributed by atoms with E-state index in [9.17, 15) is 14.4 Å². The minimum Gasteiger partial charge on any atom is -0.496 e. The fraction of sp³-hybridized carbons (Fsp3) is 0.410. The van der Waals surface area contributed by atoms with E-state index in [1.165, 1.54) is 12.7 Å². The zero-order chi connectivity index (χ0) is 39.6. The zero-order valence-electron chi connectivity index (χ0n) is 32.1. The van der Waals surface area contributed by atoms with Gasteiger partial charge in [0.1, 0.15) is 41.4 Å². The molecular weight excluding hydrogens is 704 g/mol. The molecule has 0 saturated carbocycles. The van der Waals surface area contributed by atoms with Crippen molar-refractivity contribution in [3.05, 3.63) is 73.3 Å². The Bertz CT molecular complexity index is 1850. The van der Waals surface area contributed by atoms with Crippen molar-refractivity contribution in [3.63, 3.8) is 0 Å². The molecule has 7 N–H and O–H groups in total. The Balaban J connectivity index is 0.000000252. The van der Waals surface area contributed by atoms with Crippen LogP contribution in [0.1, 0.15) is 52.9 Å². The standard InChI is InChI=1S/C22H31N5O4.C17H21N5O2/c1-22(2,3)31-20(28)10-9-15(11-12-23)26-21(29)27-19-13-17(24-14-25-19)16-7-5-6-8-18(16)30-4;1-24-15-5-3-2-4-13(15)14-10-16(20-11-19-14)22-17(23)21-12-6-8-18-9-7-12/h5-8,13-15H,9-12,23H2,1-4H3,(H2,24,25,26,27,29);2-5,10-12,18H,6-9H2,1H3,(H2,19,20,21,22,23). The SMILES string of the molecule is COc1ccccc1-c1cc(NC(=O)NC(CCN)CCC(=O)OC(C)(C)C)ncn1.COc1ccccc1-c1cc(NC(=O)NC2CCNCC2)ncn1. The maximum absolute atomic E-state index is 12.5. The average Bonchev–Trinajstić information content (AvgIpc) is 3.17. The van der Waals surface area contributed by atoms with Gasteiger partial charge in [0, 0.05) is 41.8 Å². The van der Waals surface area contributed by atoms with Crippen molar-refractivity contribution >= 4 is 29.7 Å². The molecule has 294 valence electrons. The number of nitrogens with one attached hydrogen (secondary N) is 5. The van der Waals surface area contributed by atoms with Gasteiger partial charge in [-0.05, 0) is 90.4 Å². The first-order chi connectivity index (χ1) is 26.5. The average molecular weight is 757 g/mol. The van der Waals surface area contributed by atoms with Crippen LogP contribution < -0.4 is 41.8 Å². The molecule has 0 radical (unpaired) electrons. The lowest BCUT2D eigenvalue weighted by Gasteiger charge is -2.23. The molecule has 55 heavy (non-hydrogen) atoms. The zero-order valence-corrected chi connectivity index (χ0v) is 32.1. The summed E-state index contributed by atoms with van der Waals surface area (Å²) < 4.78 is 16.0. The third kappa shape index (κ3) is 14.1. The van der Waals surface area contributed by atoms with Gasteiger partial charge in [0.2, 0.25) is 0 Å². The number of ether oxygens (including phenoxy) is 3. The maximum Gasteiger partial charge on any atom is 0.320 e. The van der Waals surface area contributed by atoms with Crippen LogP contribution in [-0.4, -0.2) is 89.5 Å². The van der Waals surface area contributed by atoms with Gasteiger partial charge in [-0.15, -0.1) is 0 Å². The summed E-state index contributed by atoms with van der Waals surface area (Å²) >= 11 is 0. The van der Waals surface area contributed by atoms with E-state index in [0.29, 0.717) is 48.2 Å². The molecule has 16 nitrogen and oxygen atoms in total. The predicted molar refractivity (Wildman–Crippen MR) is 211 cm³/mol. The number of hydrogen-bond acceptors (Lipinski definition) is 12. The molecule has 5 rings (SSSR count). The van der Waals surface area contributed by atoms with Crippen LogP contribution in [0.4, 0.5) is 21.2 Å². The summed E-state index contributed by atoms with van der Waals surface area (Å²) in [6.45, 7) is 7.68. The number of rotatable bonds is 13. The van der Waals surface area contributed by atoms with Crippen LogP contribution in [0.3, 0.4) is 0 Å². The number of hydrogen-bond donors (Lipinski definition) is 6. The van der Waals surface area contributed by atoms with Crippen LogP contribution in [-0.2, 0) is 9.53 Å². The number of nitrogens with zero attached hydrogens (tertiary/aromatic N) is 4. The smallest absolute Gasteiger partial charge is 0.320 e. The highest BCUT2D eigenvalue weighted by atomic mass is 16.6. The molecule has 4 amide bonds. The molecule has 16 heteroatoms. The molecule has 1 aliphatic heterocycles. The van der Waals surface area contributed by atoms with E-state index in [4.69, 9.17) is 19.9 Å². The molecule has 1 fully saturated rings. The monoisotopic (exact) mass is 756 g/mol. The first kappa shape index (κ1) is 41.9. The van der Waals surface area contributed by atoms with Crippen LogP contribution in [0, 0.1) is 0 Å². The van der Waals surface area contributed by atoms with Crippen LogP contribution >= 0.6 is 0 Å². The van der Waals surface area contributed by atoms with Gasteiger partial charge in [-0.3, -0.25) is 15.4 Å². The summed E-state index contributed by atoms with van der Waals surface area (Å²) in [6.07, 6.45) is 5.82. The van der Waals surface area contributed by atoms with Gasteiger partial charge in [0.15, 0.2) is 0 Å². The van der Waals surface area contributed by atoms with Crippen molar-refractivity contribution in [2.75, 3.05) is 44.5 Å². The normalized spacial score (nSPS) is 13.3. The number of esters is 1. The molecule has 4 aromatic rings. The summed E-state index contributed by atoms with van der Waals surface area (Å²) in [5.74, 6) is 1.88. The summed E-state index contributed by atoms with van der Waals surface area (Å²) in [7, 11) is 3.20. The summed E-state index contributed by atoms with van der Waals surface area (Å²) in [5.41, 5.74) is 8.06. The van der Waals surface area contributed by atoms with Crippen molar-refractivity contribution in [1.29, 1.82) is 0 Å². The largest absolute Gasteiger partial charge is 0.496 e. The number of nitrogens with two attached hydrogens (primary N) is 1. The van der Waals surface area contributed by atoms with Crippen LogP contribution in [0.15, 0.2) is 73.3 Å². The minimum absolute atomic E-state index is 0.188. The summed E-state index contributed by atoms with van der Waals surface area (Å²) in [4.78, 5) is 53.3. The van der Waals surface area contributed by atoms with E-state index in [2.05, 4.69) is 46.5 Å². The van der Waals surface area contributed by atoms with Crippen molar-refractivity contribution in [1.82, 2.24) is 35.9 Å². The third-order valence-corrected chi connectivity index (χ3v) is 8.22. The lowest BCUT2D eigenvalue weighted by Crippen LogP contribution is -2.44. The Hall–Kier alpha value is -5.87. The van der Waals surface area contributed by atoms with Crippen molar-refractivity contribution in [3.8, 4) is 34.0 Å². The number of carbonyl (C=O) groups is 3. The fourth-order valence-electron chi connectivity index (χ4n) is 5.67. The molecular formula is C39H52N10O6. The first-order valence-electron chi connectivity index (χ1n) is 18.2. The number of aromatic nitrogens is 4. The van der Waals surface area contributed by atoms with Gasteiger partial charge in [-0.2, -0.15) is 0 Å². The summed E-state index contributed by atoms with van der Waals surface area (Å²) in [5, 5.41) is 14.6. The minimum atomic E-state index is -0.544. The number of benzene rings is 2. The Kier molecular flexibility index (Phi) is 16.1. The second kappa shape index (κ2) is 21.1. The van der Waals surface area contributed by atoms with E-state index >= 15 is 0 Å². The van der Waals surface area contributed by atoms with Gasteiger partial charge in [-0.1, -0.05) is 24.3 Å². The summed E-state index contributed by atoms with van der Waals surface area (Å²) in [6, 6.07) is 17.7. The highest BCUT2D eigenvalue weighted by Crippen LogP contribution is 2.30. The molecule has 2 aromatic carbocycles. The van der Waals surface area contributed by atoms with E-state index in [0.717, 1.165) is 42.8 Å². The van der Waals surface area contributed by atoms with Gasteiger partial charge in [-0.25, -0.2) is 29.5 Å². The number of amides is 4. The van der Waals surface area contributed by atoms with Gasteiger partial charge in [0.05, 0.1) is 25.6 Å². The highest BCUT2D eigenvalue weighted by molar-refractivity contribution is 5.90. The molecule has 1 atom stereocenters. The molecule has 0 bridgehead atoms. The molecule has 0 aliphatic carbocycles. The molecule has 0 spiro atoms. The number of carbonyl (C=O) groups excluding carboxylic acids is 3. The van der Waals surface area contributed by atoms with Crippen molar-refractivity contribution < 1.29 is 28.6 Å². The molecule has 1 saturated heterocycles. The van der Waals surface area contributed by atoms with E-state index in [1.807, 2.05) is 69.3 Å². The number of piperidine rings is 1. The van der Waals surface area contributed by atoms with E-state index < -0.39 is 11.6 Å². The molecule has 1 aliphatic rings. The Morgan fingerprint density at radius 1 is 0.800 bits per heavy atom. The molecule has 2 aromatic heterocycles. The topological polar surface area (TPSA) is 217 Å². The van der Waals surface area contributed by atoms with Crippen LogP contribution in [0.25, 0.3) is 22.5 Å². The second-order valence-electron chi connectivity index (χ2n) is 13.6. The van der Waals surface area contributed by atoms with Gasteiger partial charge >= 0.3 is 18.0 Å². The molecule has 1 unspecified atom stereocenters. The van der Waals surface area contributed by atoms with Crippen molar-refractivity contribution in [2.24, 2.45) is 5.73 Å². The maximum atomic E-state index is 12.5. The number of methoxy groups -OCH3 is 2. The van der Waals surface area contributed by atoms with Crippen molar-refractivity contribution in [2.45, 2.75) is 70.6 Å². The van der Waals surface area contributed by atoms with E-state index in [-0.39, 0.29) is 30.5 Å². The van der Waals surface area contributed by atoms with E-state index in [1.54, 1.807) is 26.4 Å².